The van der Waals surface area contributed by atoms with Crippen LogP contribution in [0.5, 0.6) is 0 Å². The fraction of sp³-hybridized carbons (Fsp3) is 0.667. The minimum atomic E-state index is -1.34. The Balaban J connectivity index is 2.49. The van der Waals surface area contributed by atoms with Crippen LogP contribution in [0.2, 0.25) is 0 Å². The van der Waals surface area contributed by atoms with Crippen molar-refractivity contribution in [1.29, 1.82) is 0 Å². The third kappa shape index (κ3) is 1.60. The molecule has 1 saturated heterocycles. The molecule has 9 heavy (non-hydrogen) atoms. The highest BCUT2D eigenvalue weighted by atomic mass is 35.9. The topological polar surface area (TPSA) is 29.5 Å². The van der Waals surface area contributed by atoms with Gasteiger partial charge in [0.25, 0.3) is 0 Å². The van der Waals surface area contributed by atoms with E-state index in [4.69, 9.17) is 22.5 Å². The maximum absolute atomic E-state index is 10.6. The summed E-state index contributed by atoms with van der Waals surface area (Å²) in [6, 6.07) is 0. The van der Waals surface area contributed by atoms with Gasteiger partial charge in [-0.15, -0.1) is 0 Å². The second kappa shape index (κ2) is 2.91. The van der Waals surface area contributed by atoms with Crippen LogP contribution in [0.15, 0.2) is 0 Å². The molecule has 52 valence electrons. The second-order valence-electron chi connectivity index (χ2n) is 1.45. The summed E-state index contributed by atoms with van der Waals surface area (Å²) in [4.78, 5) is 10.6. The summed E-state index contributed by atoms with van der Waals surface area (Å²) in [5.74, 6) is 0. The highest BCUT2D eigenvalue weighted by Crippen LogP contribution is 2.51. The number of halogens is 2. The van der Waals surface area contributed by atoms with E-state index in [1.54, 1.807) is 0 Å². The van der Waals surface area contributed by atoms with Gasteiger partial charge in [0, 0.05) is 0 Å². The van der Waals surface area contributed by atoms with E-state index in [1.807, 2.05) is 0 Å². The van der Waals surface area contributed by atoms with Crippen LogP contribution in [0.1, 0.15) is 0 Å². The zero-order valence-corrected chi connectivity index (χ0v) is 6.79. The monoisotopic (exact) mass is 187 g/mol. The third-order valence-corrected chi connectivity index (χ3v) is 2.75. The molecule has 0 unspecified atom stereocenters. The Morgan fingerprint density at radius 2 is 2.33 bits per heavy atom. The largest absolute Gasteiger partial charge is 0.447 e. The van der Waals surface area contributed by atoms with Gasteiger partial charge in [0.1, 0.15) is 6.61 Å². The van der Waals surface area contributed by atoms with Crippen molar-refractivity contribution in [2.75, 3.05) is 13.2 Å². The standard InChI is InChI=1S/C3H4Cl2NO2P/c4-9(5)6-1-2-8-3(6)7/h1-2H2. The first-order chi connectivity index (χ1) is 4.22. The summed E-state index contributed by atoms with van der Waals surface area (Å²) in [5, 5.41) is 0. The van der Waals surface area contributed by atoms with Crippen molar-refractivity contribution < 1.29 is 9.53 Å². The summed E-state index contributed by atoms with van der Waals surface area (Å²) in [7, 11) is 0. The molecule has 1 aliphatic heterocycles. The summed E-state index contributed by atoms with van der Waals surface area (Å²) in [5.41, 5.74) is 0. The summed E-state index contributed by atoms with van der Waals surface area (Å²) >= 11 is 10.9. The van der Waals surface area contributed by atoms with Crippen molar-refractivity contribution in [1.82, 2.24) is 4.67 Å². The molecule has 1 heterocycles. The first-order valence-electron chi connectivity index (χ1n) is 2.27. The van der Waals surface area contributed by atoms with E-state index >= 15 is 0 Å². The first-order valence-corrected chi connectivity index (χ1v) is 5.38. The summed E-state index contributed by atoms with van der Waals surface area (Å²) < 4.78 is 5.87. The van der Waals surface area contributed by atoms with Gasteiger partial charge in [-0.3, -0.25) is 4.67 Å². The fourth-order valence-corrected chi connectivity index (χ4v) is 1.76. The number of rotatable bonds is 1. The Bertz CT molecular complexity index is 131. The molecule has 0 atom stereocenters. The summed E-state index contributed by atoms with van der Waals surface area (Å²) in [6.07, 6.45) is -0.411. The predicted molar refractivity (Wildman–Crippen MR) is 36.7 cm³/mol. The van der Waals surface area contributed by atoms with E-state index < -0.39 is 12.9 Å². The van der Waals surface area contributed by atoms with Crippen LogP contribution in [0.4, 0.5) is 4.79 Å². The molecule has 6 heteroatoms. The van der Waals surface area contributed by atoms with Crippen molar-refractivity contribution in [3.8, 4) is 0 Å². The number of nitrogens with zero attached hydrogens (tertiary/aromatic N) is 1. The van der Waals surface area contributed by atoms with Crippen LogP contribution < -0.4 is 0 Å². The third-order valence-electron chi connectivity index (χ3n) is 0.922. The number of hydrogen-bond donors (Lipinski definition) is 0. The molecule has 0 aromatic heterocycles. The smallest absolute Gasteiger partial charge is 0.415 e. The van der Waals surface area contributed by atoms with E-state index in [0.717, 1.165) is 0 Å². The van der Waals surface area contributed by atoms with Gasteiger partial charge < -0.3 is 4.74 Å². The van der Waals surface area contributed by atoms with E-state index in [0.29, 0.717) is 13.2 Å². The Morgan fingerprint density at radius 1 is 1.67 bits per heavy atom. The van der Waals surface area contributed by atoms with E-state index in [2.05, 4.69) is 4.74 Å². The average molecular weight is 188 g/mol. The maximum Gasteiger partial charge on any atom is 0.415 e. The van der Waals surface area contributed by atoms with Crippen LogP contribution in [0.3, 0.4) is 0 Å². The zero-order chi connectivity index (χ0) is 6.85. The molecule has 0 spiro atoms. The Morgan fingerprint density at radius 3 is 2.56 bits per heavy atom. The molecule has 1 fully saturated rings. The van der Waals surface area contributed by atoms with E-state index in [1.165, 1.54) is 4.67 Å². The molecule has 0 radical (unpaired) electrons. The number of amides is 1. The number of hydrogen-bond acceptors (Lipinski definition) is 2. The first kappa shape index (κ1) is 7.39. The van der Waals surface area contributed by atoms with Crippen molar-refractivity contribution in [3.63, 3.8) is 0 Å². The zero-order valence-electron chi connectivity index (χ0n) is 4.38. The van der Waals surface area contributed by atoms with Crippen LogP contribution in [-0.4, -0.2) is 23.9 Å². The lowest BCUT2D eigenvalue weighted by Gasteiger charge is -2.10. The number of carbonyl (C=O) groups excluding carboxylic acids is 1. The maximum atomic E-state index is 10.6. The number of cyclic esters (lactones) is 1. The molecule has 1 rings (SSSR count). The van der Waals surface area contributed by atoms with E-state index in [-0.39, 0.29) is 0 Å². The van der Waals surface area contributed by atoms with Gasteiger partial charge >= 0.3 is 6.09 Å². The Labute approximate surface area is 63.2 Å². The number of carbonyl (C=O) groups is 1. The lowest BCUT2D eigenvalue weighted by Crippen LogP contribution is -2.13. The lowest BCUT2D eigenvalue weighted by atomic mass is 10.7. The van der Waals surface area contributed by atoms with Crippen molar-refractivity contribution >= 4 is 35.4 Å². The highest BCUT2D eigenvalue weighted by molar-refractivity contribution is 8.02. The van der Waals surface area contributed by atoms with Crippen molar-refractivity contribution in [2.45, 2.75) is 0 Å². The van der Waals surface area contributed by atoms with Gasteiger partial charge in [0.2, 0.25) is 0 Å². The molecule has 3 nitrogen and oxygen atoms in total. The quantitative estimate of drug-likeness (QED) is 0.590. The van der Waals surface area contributed by atoms with Crippen LogP contribution >= 0.6 is 29.3 Å². The summed E-state index contributed by atoms with van der Waals surface area (Å²) in [6.45, 7) is -0.426. The van der Waals surface area contributed by atoms with Crippen molar-refractivity contribution in [2.24, 2.45) is 0 Å². The molecule has 0 aliphatic carbocycles. The normalized spacial score (nSPS) is 19.0. The van der Waals surface area contributed by atoms with Crippen LogP contribution in [0.25, 0.3) is 0 Å². The van der Waals surface area contributed by atoms with Gasteiger partial charge in [-0.25, -0.2) is 4.79 Å². The second-order valence-corrected chi connectivity index (χ2v) is 4.81. The fourth-order valence-electron chi connectivity index (χ4n) is 0.523. The molecular weight excluding hydrogens is 184 g/mol. The molecule has 0 bridgehead atoms. The van der Waals surface area contributed by atoms with Gasteiger partial charge in [0.05, 0.1) is 6.54 Å². The highest BCUT2D eigenvalue weighted by Gasteiger charge is 2.27. The van der Waals surface area contributed by atoms with Crippen LogP contribution in [-0.2, 0) is 4.74 Å². The molecule has 1 aliphatic rings. The van der Waals surface area contributed by atoms with Crippen LogP contribution in [0, 0.1) is 0 Å². The van der Waals surface area contributed by atoms with Gasteiger partial charge in [0.15, 0.2) is 6.78 Å². The minimum Gasteiger partial charge on any atom is -0.447 e. The molecule has 0 aromatic carbocycles. The van der Waals surface area contributed by atoms with E-state index in [9.17, 15) is 4.79 Å². The van der Waals surface area contributed by atoms with Crippen molar-refractivity contribution in [3.05, 3.63) is 0 Å². The predicted octanol–water partition coefficient (Wildman–Crippen LogP) is 2.14. The van der Waals surface area contributed by atoms with Gasteiger partial charge in [-0.1, -0.05) is 22.5 Å². The molecular formula is C3H4Cl2NO2P. The molecule has 0 N–H and O–H groups in total. The van der Waals surface area contributed by atoms with Gasteiger partial charge in [-0.05, 0) is 0 Å². The molecule has 0 saturated carbocycles. The van der Waals surface area contributed by atoms with Gasteiger partial charge in [-0.2, -0.15) is 0 Å². The molecule has 1 amide bonds. The minimum absolute atomic E-state index is 0.400. The Hall–Kier alpha value is 0.280. The molecule has 0 aromatic rings. The average Bonchev–Trinajstić information content (AvgIpc) is 2.13. The lowest BCUT2D eigenvalue weighted by molar-refractivity contribution is 0.171. The Kier molecular flexibility index (Phi) is 2.39. The number of ether oxygens (including phenoxy) is 1. The SMILES string of the molecule is O=C1OCCN1P(Cl)Cl.